The molecule has 1 amide bonds. The Hall–Kier alpha value is -4.46. The molecule has 1 aromatic heterocycles. The predicted octanol–water partition coefficient (Wildman–Crippen LogP) is 5.10. The molecule has 8 nitrogen and oxygen atoms in total. The summed E-state index contributed by atoms with van der Waals surface area (Å²) in [4.78, 5) is 25.8. The van der Waals surface area contributed by atoms with Crippen molar-refractivity contribution in [3.8, 4) is 22.7 Å². The maximum atomic E-state index is 13.3. The number of aromatic nitrogens is 2. The van der Waals surface area contributed by atoms with Crippen molar-refractivity contribution < 1.29 is 14.8 Å². The van der Waals surface area contributed by atoms with Crippen molar-refractivity contribution in [2.45, 2.75) is 25.2 Å². The number of aromatic hydroxyl groups is 1. The van der Waals surface area contributed by atoms with Gasteiger partial charge in [-0.05, 0) is 60.7 Å². The molecule has 0 spiro atoms. The number of phenols is 1. The van der Waals surface area contributed by atoms with E-state index in [0.717, 1.165) is 29.7 Å². The van der Waals surface area contributed by atoms with E-state index in [9.17, 15) is 20.0 Å². The zero-order valence-corrected chi connectivity index (χ0v) is 19.7. The molecule has 182 valence electrons. The smallest absolute Gasteiger partial charge is 0.269 e. The lowest BCUT2D eigenvalue weighted by molar-refractivity contribution is -0.384. The van der Waals surface area contributed by atoms with Crippen molar-refractivity contribution in [1.82, 2.24) is 14.7 Å². The predicted molar refractivity (Wildman–Crippen MR) is 136 cm³/mol. The molecule has 1 saturated heterocycles. The zero-order chi connectivity index (χ0) is 25.1. The van der Waals surface area contributed by atoms with Crippen LogP contribution < -0.4 is 0 Å². The van der Waals surface area contributed by atoms with Crippen molar-refractivity contribution in [3.05, 3.63) is 106 Å². The summed E-state index contributed by atoms with van der Waals surface area (Å²) >= 11 is 0. The average Bonchev–Trinajstić information content (AvgIpc) is 3.33. The molecule has 0 bridgehead atoms. The molecule has 3 aromatic carbocycles. The van der Waals surface area contributed by atoms with Gasteiger partial charge in [-0.1, -0.05) is 30.3 Å². The van der Waals surface area contributed by atoms with E-state index < -0.39 is 4.92 Å². The zero-order valence-electron chi connectivity index (χ0n) is 19.7. The van der Waals surface area contributed by atoms with Crippen LogP contribution in [0.4, 0.5) is 5.69 Å². The molecule has 36 heavy (non-hydrogen) atoms. The van der Waals surface area contributed by atoms with Gasteiger partial charge in [-0.15, -0.1) is 0 Å². The maximum absolute atomic E-state index is 13.3. The first-order chi connectivity index (χ1) is 17.5. The molecule has 4 aromatic rings. The lowest BCUT2D eigenvalue weighted by atomic mass is 9.89. The second-order valence-corrected chi connectivity index (χ2v) is 9.01. The number of piperidine rings is 1. The van der Waals surface area contributed by atoms with Crippen LogP contribution >= 0.6 is 0 Å². The van der Waals surface area contributed by atoms with Crippen molar-refractivity contribution in [1.29, 1.82) is 0 Å². The summed E-state index contributed by atoms with van der Waals surface area (Å²) in [6.45, 7) is 1.34. The Morgan fingerprint density at radius 2 is 1.64 bits per heavy atom. The van der Waals surface area contributed by atoms with Gasteiger partial charge in [-0.2, -0.15) is 5.10 Å². The SMILES string of the molecule is O=C(Cc1cn(-c2ccccc2)nc1-c1ccc([N+](=O)[O-])cc1)N1CCC(c2ccc(O)cc2)CC1. The fourth-order valence-corrected chi connectivity index (χ4v) is 4.72. The molecule has 0 atom stereocenters. The molecule has 1 aliphatic heterocycles. The number of non-ortho nitro benzene ring substituents is 1. The number of benzene rings is 3. The van der Waals surface area contributed by atoms with Gasteiger partial charge in [0, 0.05) is 42.5 Å². The summed E-state index contributed by atoms with van der Waals surface area (Å²) < 4.78 is 1.75. The molecule has 1 aliphatic rings. The molecule has 2 heterocycles. The molecular weight excluding hydrogens is 456 g/mol. The molecule has 0 aliphatic carbocycles. The fourth-order valence-electron chi connectivity index (χ4n) is 4.72. The van der Waals surface area contributed by atoms with E-state index in [4.69, 9.17) is 5.10 Å². The van der Waals surface area contributed by atoms with Gasteiger partial charge in [0.2, 0.25) is 5.91 Å². The van der Waals surface area contributed by atoms with Crippen LogP contribution in [-0.2, 0) is 11.2 Å². The number of nitrogens with zero attached hydrogens (tertiary/aromatic N) is 4. The van der Waals surface area contributed by atoms with Crippen LogP contribution in [0.25, 0.3) is 16.9 Å². The van der Waals surface area contributed by atoms with Gasteiger partial charge in [0.15, 0.2) is 0 Å². The number of likely N-dealkylation sites (tertiary alicyclic amines) is 1. The lowest BCUT2D eigenvalue weighted by Gasteiger charge is -2.32. The number of para-hydroxylation sites is 1. The van der Waals surface area contributed by atoms with Gasteiger partial charge in [-0.25, -0.2) is 4.68 Å². The highest BCUT2D eigenvalue weighted by molar-refractivity contribution is 5.81. The van der Waals surface area contributed by atoms with E-state index in [-0.39, 0.29) is 23.8 Å². The van der Waals surface area contributed by atoms with Gasteiger partial charge in [0.05, 0.1) is 22.7 Å². The Bertz CT molecular complexity index is 1360. The molecular formula is C28H26N4O4. The topological polar surface area (TPSA) is 102 Å². The number of amides is 1. The summed E-state index contributed by atoms with van der Waals surface area (Å²) in [7, 11) is 0. The van der Waals surface area contributed by atoms with Gasteiger partial charge in [0.1, 0.15) is 5.75 Å². The fraction of sp³-hybridized carbons (Fsp3) is 0.214. The third-order valence-electron chi connectivity index (χ3n) is 6.72. The third-order valence-corrected chi connectivity index (χ3v) is 6.72. The van der Waals surface area contributed by atoms with Crippen LogP contribution in [0.3, 0.4) is 0 Å². The van der Waals surface area contributed by atoms with E-state index in [1.807, 2.05) is 53.6 Å². The number of phenolic OH excluding ortho intramolecular Hbond substituents is 1. The first kappa shape index (κ1) is 23.3. The first-order valence-corrected chi connectivity index (χ1v) is 11.9. The third kappa shape index (κ3) is 4.98. The molecule has 1 fully saturated rings. The number of hydrogen-bond acceptors (Lipinski definition) is 5. The quantitative estimate of drug-likeness (QED) is 0.304. The minimum absolute atomic E-state index is 0.00960. The number of carbonyl (C=O) groups is 1. The number of nitro groups is 1. The lowest BCUT2D eigenvalue weighted by Crippen LogP contribution is -2.38. The molecule has 0 unspecified atom stereocenters. The highest BCUT2D eigenvalue weighted by Crippen LogP contribution is 2.30. The van der Waals surface area contributed by atoms with Crippen LogP contribution in [0, 0.1) is 10.1 Å². The number of carbonyl (C=O) groups excluding carboxylic acids is 1. The maximum Gasteiger partial charge on any atom is 0.269 e. The summed E-state index contributed by atoms with van der Waals surface area (Å²) in [6.07, 6.45) is 3.81. The van der Waals surface area contributed by atoms with E-state index in [1.165, 1.54) is 17.7 Å². The normalized spacial score (nSPS) is 14.1. The summed E-state index contributed by atoms with van der Waals surface area (Å²) in [5, 5.41) is 25.4. The van der Waals surface area contributed by atoms with Gasteiger partial charge in [-0.3, -0.25) is 14.9 Å². The molecule has 8 heteroatoms. The Balaban J connectivity index is 1.35. The molecule has 1 N–H and O–H groups in total. The van der Waals surface area contributed by atoms with E-state index in [0.29, 0.717) is 24.7 Å². The molecule has 0 radical (unpaired) electrons. The number of nitro benzene ring substituents is 1. The summed E-state index contributed by atoms with van der Waals surface area (Å²) in [5.74, 6) is 0.660. The van der Waals surface area contributed by atoms with Crippen LogP contribution in [0.1, 0.15) is 29.9 Å². The standard InChI is InChI=1S/C28H26N4O4/c33-26-12-8-20(9-13-26)21-14-16-30(17-15-21)27(34)18-23-19-31(24-4-2-1-3-5-24)29-28(23)22-6-10-25(11-7-22)32(35)36/h1-13,19,21,33H,14-18H2. The van der Waals surface area contributed by atoms with Gasteiger partial charge in [0.25, 0.3) is 5.69 Å². The summed E-state index contributed by atoms with van der Waals surface area (Å²) in [5.41, 5.74) is 4.21. The van der Waals surface area contributed by atoms with Crippen molar-refractivity contribution >= 4 is 11.6 Å². The van der Waals surface area contributed by atoms with Crippen molar-refractivity contribution in [3.63, 3.8) is 0 Å². The van der Waals surface area contributed by atoms with Crippen LogP contribution in [-0.4, -0.2) is 43.7 Å². The average molecular weight is 483 g/mol. The second-order valence-electron chi connectivity index (χ2n) is 9.01. The largest absolute Gasteiger partial charge is 0.508 e. The monoisotopic (exact) mass is 482 g/mol. The molecule has 5 rings (SSSR count). The van der Waals surface area contributed by atoms with Crippen LogP contribution in [0.2, 0.25) is 0 Å². The van der Waals surface area contributed by atoms with E-state index >= 15 is 0 Å². The first-order valence-electron chi connectivity index (χ1n) is 11.9. The van der Waals surface area contributed by atoms with Crippen LogP contribution in [0.15, 0.2) is 85.1 Å². The highest BCUT2D eigenvalue weighted by atomic mass is 16.6. The molecule has 0 saturated carbocycles. The van der Waals surface area contributed by atoms with Crippen molar-refractivity contribution in [2.75, 3.05) is 13.1 Å². The van der Waals surface area contributed by atoms with Crippen molar-refractivity contribution in [2.24, 2.45) is 0 Å². The Kier molecular flexibility index (Phi) is 6.49. The van der Waals surface area contributed by atoms with Crippen LogP contribution in [0.5, 0.6) is 5.75 Å². The van der Waals surface area contributed by atoms with Gasteiger partial charge < -0.3 is 10.0 Å². The second kappa shape index (κ2) is 10.0. The number of hydrogen-bond donors (Lipinski definition) is 1. The minimum atomic E-state index is -0.432. The minimum Gasteiger partial charge on any atom is -0.508 e. The van der Waals surface area contributed by atoms with E-state index in [1.54, 1.807) is 28.9 Å². The summed E-state index contributed by atoms with van der Waals surface area (Å²) in [6, 6.07) is 23.2. The Morgan fingerprint density at radius 3 is 2.28 bits per heavy atom. The Labute approximate surface area is 208 Å². The highest BCUT2D eigenvalue weighted by Gasteiger charge is 2.25. The Morgan fingerprint density at radius 1 is 0.972 bits per heavy atom. The van der Waals surface area contributed by atoms with Gasteiger partial charge >= 0.3 is 0 Å². The van der Waals surface area contributed by atoms with E-state index in [2.05, 4.69) is 0 Å². The number of rotatable bonds is 6.